The van der Waals surface area contributed by atoms with Crippen LogP contribution in [0.4, 0.5) is 0 Å². The molecule has 1 N–H and O–H groups in total. The van der Waals surface area contributed by atoms with Crippen molar-refractivity contribution in [2.45, 2.75) is 49.8 Å². The van der Waals surface area contributed by atoms with Gasteiger partial charge in [-0.2, -0.15) is 0 Å². The van der Waals surface area contributed by atoms with E-state index in [0.717, 1.165) is 36.8 Å². The Balaban J connectivity index is 1.64. The monoisotopic (exact) mass is 426 g/mol. The van der Waals surface area contributed by atoms with E-state index in [1.54, 1.807) is 18.6 Å². The highest BCUT2D eigenvalue weighted by molar-refractivity contribution is 6.00. The quantitative estimate of drug-likeness (QED) is 0.658. The van der Waals surface area contributed by atoms with Crippen LogP contribution in [0.25, 0.3) is 0 Å². The summed E-state index contributed by atoms with van der Waals surface area (Å²) >= 11 is 0. The van der Waals surface area contributed by atoms with E-state index in [0.29, 0.717) is 11.6 Å². The van der Waals surface area contributed by atoms with Gasteiger partial charge in [0.05, 0.1) is 6.20 Å². The summed E-state index contributed by atoms with van der Waals surface area (Å²) < 4.78 is 6.40. The van der Waals surface area contributed by atoms with E-state index in [-0.39, 0.29) is 11.9 Å². The predicted molar refractivity (Wildman–Crippen MR) is 122 cm³/mol. The van der Waals surface area contributed by atoms with Crippen LogP contribution in [-0.2, 0) is 15.1 Å². The lowest BCUT2D eigenvalue weighted by atomic mass is 9.80. The second-order valence-electron chi connectivity index (χ2n) is 8.36. The zero-order valence-corrected chi connectivity index (χ0v) is 17.9. The van der Waals surface area contributed by atoms with Gasteiger partial charge in [-0.05, 0) is 24.0 Å². The number of hydrogen-bond acceptors (Lipinski definition) is 5. The van der Waals surface area contributed by atoms with Crippen molar-refractivity contribution in [3.8, 4) is 0 Å². The molecule has 1 aliphatic carbocycles. The van der Waals surface area contributed by atoms with E-state index in [2.05, 4.69) is 15.3 Å². The third kappa shape index (κ3) is 3.77. The fourth-order valence-electron chi connectivity index (χ4n) is 4.66. The van der Waals surface area contributed by atoms with Crippen molar-refractivity contribution in [3.63, 3.8) is 0 Å². The molecule has 1 aromatic heterocycles. The maximum absolute atomic E-state index is 14.1. The lowest BCUT2D eigenvalue weighted by Gasteiger charge is -2.33. The minimum Gasteiger partial charge on any atom is -0.465 e. The zero-order valence-electron chi connectivity index (χ0n) is 17.9. The van der Waals surface area contributed by atoms with E-state index in [4.69, 9.17) is 9.73 Å². The van der Waals surface area contributed by atoms with Crippen LogP contribution in [0, 0.1) is 0 Å². The topological polar surface area (TPSA) is 76.5 Å². The highest BCUT2D eigenvalue weighted by Gasteiger charge is 2.55. The molecule has 2 heterocycles. The average Bonchev–Trinajstić information content (AvgIpc) is 3.28. The van der Waals surface area contributed by atoms with Gasteiger partial charge in [0.2, 0.25) is 11.4 Å². The van der Waals surface area contributed by atoms with Crippen molar-refractivity contribution >= 4 is 11.8 Å². The Labute approximate surface area is 187 Å². The van der Waals surface area contributed by atoms with Gasteiger partial charge in [0.15, 0.2) is 6.10 Å². The van der Waals surface area contributed by atoms with Crippen LogP contribution in [0.5, 0.6) is 0 Å². The SMILES string of the molecule is O=C(NC1CCCCC1)[C@]1(c2ccccc2)N=C(c2cnccn2)O[C@H]1c1ccccc1. The van der Waals surface area contributed by atoms with Gasteiger partial charge >= 0.3 is 0 Å². The Morgan fingerprint density at radius 3 is 2.34 bits per heavy atom. The van der Waals surface area contributed by atoms with Crippen LogP contribution >= 0.6 is 0 Å². The van der Waals surface area contributed by atoms with Gasteiger partial charge in [0, 0.05) is 18.4 Å². The zero-order chi connectivity index (χ0) is 21.8. The van der Waals surface area contributed by atoms with Crippen LogP contribution in [-0.4, -0.2) is 27.8 Å². The molecule has 3 aromatic rings. The van der Waals surface area contributed by atoms with Gasteiger partial charge < -0.3 is 10.1 Å². The first-order valence-corrected chi connectivity index (χ1v) is 11.2. The third-order valence-electron chi connectivity index (χ3n) is 6.27. The molecule has 0 bridgehead atoms. The largest absolute Gasteiger partial charge is 0.465 e. The fourth-order valence-corrected chi connectivity index (χ4v) is 4.66. The Hall–Kier alpha value is -3.54. The van der Waals surface area contributed by atoms with E-state index in [1.165, 1.54) is 6.42 Å². The normalized spacial score (nSPS) is 23.2. The number of benzene rings is 2. The lowest BCUT2D eigenvalue weighted by molar-refractivity contribution is -0.130. The van der Waals surface area contributed by atoms with Crippen molar-refractivity contribution in [1.29, 1.82) is 0 Å². The Kier molecular flexibility index (Phi) is 5.67. The second-order valence-corrected chi connectivity index (χ2v) is 8.36. The Morgan fingerprint density at radius 2 is 1.66 bits per heavy atom. The van der Waals surface area contributed by atoms with Crippen molar-refractivity contribution in [3.05, 3.63) is 96.1 Å². The molecule has 162 valence electrons. The number of amides is 1. The van der Waals surface area contributed by atoms with Gasteiger partial charge in [-0.25, -0.2) is 9.98 Å². The third-order valence-corrected chi connectivity index (χ3v) is 6.27. The predicted octanol–water partition coefficient (Wildman–Crippen LogP) is 4.34. The summed E-state index contributed by atoms with van der Waals surface area (Å²) in [6.07, 6.45) is 9.68. The number of hydrogen-bond donors (Lipinski definition) is 1. The average molecular weight is 427 g/mol. The molecular weight excluding hydrogens is 400 g/mol. The second kappa shape index (κ2) is 8.91. The molecule has 1 aliphatic heterocycles. The molecule has 6 heteroatoms. The molecule has 32 heavy (non-hydrogen) atoms. The summed E-state index contributed by atoms with van der Waals surface area (Å²) in [5, 5.41) is 3.31. The Morgan fingerprint density at radius 1 is 0.938 bits per heavy atom. The number of ether oxygens (including phenoxy) is 1. The number of nitrogens with one attached hydrogen (secondary N) is 1. The van der Waals surface area contributed by atoms with Gasteiger partial charge in [0.1, 0.15) is 5.69 Å². The van der Waals surface area contributed by atoms with Crippen LogP contribution < -0.4 is 5.32 Å². The molecule has 1 saturated carbocycles. The fraction of sp³-hybridized carbons (Fsp3) is 0.308. The van der Waals surface area contributed by atoms with Crippen molar-refractivity contribution in [2.75, 3.05) is 0 Å². The molecule has 2 aromatic carbocycles. The van der Waals surface area contributed by atoms with E-state index in [9.17, 15) is 4.79 Å². The molecule has 0 saturated heterocycles. The van der Waals surface area contributed by atoms with Crippen LogP contribution in [0.3, 0.4) is 0 Å². The van der Waals surface area contributed by atoms with Crippen molar-refractivity contribution < 1.29 is 9.53 Å². The Bertz CT molecular complexity index is 1080. The smallest absolute Gasteiger partial charge is 0.257 e. The molecule has 6 nitrogen and oxygen atoms in total. The number of nitrogens with zero attached hydrogens (tertiary/aromatic N) is 3. The molecular formula is C26H26N4O2. The first-order chi connectivity index (χ1) is 15.8. The molecule has 1 amide bonds. The van der Waals surface area contributed by atoms with Gasteiger partial charge in [-0.3, -0.25) is 9.78 Å². The first-order valence-electron chi connectivity index (χ1n) is 11.2. The summed E-state index contributed by atoms with van der Waals surface area (Å²) in [7, 11) is 0. The van der Waals surface area contributed by atoms with Crippen molar-refractivity contribution in [1.82, 2.24) is 15.3 Å². The van der Waals surface area contributed by atoms with Gasteiger partial charge in [-0.15, -0.1) is 0 Å². The van der Waals surface area contributed by atoms with E-state index < -0.39 is 11.6 Å². The number of carbonyl (C=O) groups is 1. The standard InChI is InChI=1S/C26H26N4O2/c31-25(29-21-14-8-3-9-15-21)26(20-12-6-2-7-13-20)23(19-10-4-1-5-11-19)32-24(30-26)22-18-27-16-17-28-22/h1-2,4-7,10-13,16-18,21,23H,3,8-9,14-15H2,(H,29,31)/t23-,26+/m0/s1. The number of aliphatic imine (C=N–C) groups is 1. The minimum absolute atomic E-state index is 0.136. The van der Waals surface area contributed by atoms with Gasteiger partial charge in [-0.1, -0.05) is 79.9 Å². The first kappa shape index (κ1) is 20.4. The molecule has 1 fully saturated rings. The molecule has 0 unspecified atom stereocenters. The molecule has 2 aliphatic rings. The molecule has 0 spiro atoms. The summed E-state index contributed by atoms with van der Waals surface area (Å²) in [5.74, 6) is 0.193. The summed E-state index contributed by atoms with van der Waals surface area (Å²) in [6.45, 7) is 0. The van der Waals surface area contributed by atoms with E-state index >= 15 is 0 Å². The number of carbonyl (C=O) groups excluding carboxylic acids is 1. The summed E-state index contributed by atoms with van der Waals surface area (Å²) in [4.78, 5) is 27.6. The maximum Gasteiger partial charge on any atom is 0.257 e. The number of rotatable bonds is 5. The van der Waals surface area contributed by atoms with Crippen LogP contribution in [0.1, 0.15) is 55.0 Å². The van der Waals surface area contributed by atoms with Gasteiger partial charge in [0.25, 0.3) is 5.91 Å². The molecule has 2 atom stereocenters. The number of aromatic nitrogens is 2. The van der Waals surface area contributed by atoms with Crippen LogP contribution in [0.2, 0.25) is 0 Å². The lowest BCUT2D eigenvalue weighted by Crippen LogP contribution is -2.49. The highest BCUT2D eigenvalue weighted by Crippen LogP contribution is 2.47. The minimum atomic E-state index is -1.26. The summed E-state index contributed by atoms with van der Waals surface area (Å²) in [6, 6.07) is 19.7. The van der Waals surface area contributed by atoms with Crippen molar-refractivity contribution in [2.24, 2.45) is 4.99 Å². The maximum atomic E-state index is 14.1. The van der Waals surface area contributed by atoms with E-state index in [1.807, 2.05) is 60.7 Å². The summed E-state index contributed by atoms with van der Waals surface area (Å²) in [5.41, 5.74) is 0.933. The molecule has 0 radical (unpaired) electrons. The van der Waals surface area contributed by atoms with Crippen LogP contribution in [0.15, 0.2) is 84.2 Å². The highest BCUT2D eigenvalue weighted by atomic mass is 16.5. The molecule has 5 rings (SSSR count).